The fourth-order valence-corrected chi connectivity index (χ4v) is 2.23. The van der Waals surface area contributed by atoms with Gasteiger partial charge in [-0.15, -0.1) is 0 Å². The van der Waals surface area contributed by atoms with Gasteiger partial charge in [0.2, 0.25) is 0 Å². The van der Waals surface area contributed by atoms with Gasteiger partial charge < -0.3 is 0 Å². The minimum absolute atomic E-state index is 0.117. The molecule has 1 aromatic carbocycles. The third kappa shape index (κ3) is 4.22. The lowest BCUT2D eigenvalue weighted by Crippen LogP contribution is -2.07. The molecular formula is C11H8F3NO2S. The molecule has 18 heavy (non-hydrogen) atoms. The molecule has 1 aromatic rings. The topological polar surface area (TPSA) is 57.9 Å². The number of hydrogen-bond acceptors (Lipinski definition) is 3. The number of nitriles is 1. The van der Waals surface area contributed by atoms with Crippen molar-refractivity contribution in [3.63, 3.8) is 0 Å². The van der Waals surface area contributed by atoms with Gasteiger partial charge in [-0.05, 0) is 24.3 Å². The van der Waals surface area contributed by atoms with E-state index >= 15 is 0 Å². The highest BCUT2D eigenvalue weighted by Gasteiger charge is 2.22. The summed E-state index contributed by atoms with van der Waals surface area (Å²) in [6.07, 6.45) is -4.10. The van der Waals surface area contributed by atoms with Crippen molar-refractivity contribution in [3.05, 3.63) is 42.0 Å². The SMILES string of the molecule is N#Cc1ccc(S(=O)(=O)CC=CC(F)(F)F)cc1. The fraction of sp³-hybridized carbons (Fsp3) is 0.182. The van der Waals surface area contributed by atoms with Gasteiger partial charge in [0.1, 0.15) is 0 Å². The first-order valence-corrected chi connectivity index (χ1v) is 6.37. The van der Waals surface area contributed by atoms with Gasteiger partial charge in [0.05, 0.1) is 22.3 Å². The second-order valence-electron chi connectivity index (χ2n) is 3.36. The van der Waals surface area contributed by atoms with Crippen molar-refractivity contribution in [2.24, 2.45) is 0 Å². The van der Waals surface area contributed by atoms with Crippen LogP contribution in [0.1, 0.15) is 5.56 Å². The Morgan fingerprint density at radius 2 is 1.78 bits per heavy atom. The molecule has 3 nitrogen and oxygen atoms in total. The third-order valence-corrected chi connectivity index (χ3v) is 3.59. The number of nitrogens with zero attached hydrogens (tertiary/aromatic N) is 1. The summed E-state index contributed by atoms with van der Waals surface area (Å²) >= 11 is 0. The van der Waals surface area contributed by atoms with E-state index in [0.717, 1.165) is 0 Å². The van der Waals surface area contributed by atoms with Crippen molar-refractivity contribution in [2.45, 2.75) is 11.1 Å². The van der Waals surface area contributed by atoms with E-state index in [1.165, 1.54) is 24.3 Å². The van der Waals surface area contributed by atoms with Crippen molar-refractivity contribution in [1.82, 2.24) is 0 Å². The van der Waals surface area contributed by atoms with Crippen LogP contribution in [0, 0.1) is 11.3 Å². The standard InChI is InChI=1S/C11H8F3NO2S/c12-11(13,14)6-1-7-18(16,17)10-4-2-9(8-15)3-5-10/h1-6H,7H2. The van der Waals surface area contributed by atoms with Crippen LogP contribution in [0.2, 0.25) is 0 Å². The Labute approximate surface area is 102 Å². The molecule has 0 N–H and O–H groups in total. The second-order valence-corrected chi connectivity index (χ2v) is 5.40. The minimum atomic E-state index is -4.53. The smallest absolute Gasteiger partial charge is 0.223 e. The van der Waals surface area contributed by atoms with Crippen LogP contribution >= 0.6 is 0 Å². The van der Waals surface area contributed by atoms with Gasteiger partial charge in [-0.25, -0.2) is 8.42 Å². The Bertz CT molecular complexity index is 580. The quantitative estimate of drug-likeness (QED) is 0.796. The van der Waals surface area contributed by atoms with Crippen LogP contribution in [-0.4, -0.2) is 20.3 Å². The highest BCUT2D eigenvalue weighted by atomic mass is 32.2. The molecule has 0 radical (unpaired) electrons. The summed E-state index contributed by atoms with van der Waals surface area (Å²) in [5, 5.41) is 8.53. The Balaban J connectivity index is 2.87. The Morgan fingerprint density at radius 3 is 2.22 bits per heavy atom. The molecule has 0 bridgehead atoms. The van der Waals surface area contributed by atoms with Crippen LogP contribution in [0.4, 0.5) is 13.2 Å². The molecule has 0 spiro atoms. The molecule has 0 amide bonds. The van der Waals surface area contributed by atoms with Gasteiger partial charge in [0, 0.05) is 6.08 Å². The first-order chi connectivity index (χ1) is 8.24. The lowest BCUT2D eigenvalue weighted by Gasteiger charge is -2.02. The number of benzene rings is 1. The molecule has 0 aliphatic carbocycles. The summed E-state index contributed by atoms with van der Waals surface area (Å²) < 4.78 is 58.7. The predicted octanol–water partition coefficient (Wildman–Crippen LogP) is 2.45. The fourth-order valence-electron chi connectivity index (χ4n) is 1.14. The van der Waals surface area contributed by atoms with E-state index in [0.29, 0.717) is 6.08 Å². The molecule has 0 saturated heterocycles. The zero-order valence-electron chi connectivity index (χ0n) is 8.98. The molecule has 0 fully saturated rings. The van der Waals surface area contributed by atoms with Crippen molar-refractivity contribution < 1.29 is 21.6 Å². The second kappa shape index (κ2) is 5.23. The maximum absolute atomic E-state index is 11.8. The summed E-state index contributed by atoms with van der Waals surface area (Å²) in [7, 11) is -3.80. The van der Waals surface area contributed by atoms with Crippen molar-refractivity contribution in [3.8, 4) is 6.07 Å². The Morgan fingerprint density at radius 1 is 1.22 bits per heavy atom. The van der Waals surface area contributed by atoms with E-state index in [4.69, 9.17) is 5.26 Å². The summed E-state index contributed by atoms with van der Waals surface area (Å²) in [5.74, 6) is -0.738. The van der Waals surface area contributed by atoms with Crippen LogP contribution in [0.15, 0.2) is 41.3 Å². The van der Waals surface area contributed by atoms with Gasteiger partial charge >= 0.3 is 6.18 Å². The van der Waals surface area contributed by atoms with E-state index in [-0.39, 0.29) is 16.5 Å². The minimum Gasteiger partial charge on any atom is -0.223 e. The van der Waals surface area contributed by atoms with E-state index in [1.54, 1.807) is 0 Å². The monoisotopic (exact) mass is 275 g/mol. The van der Waals surface area contributed by atoms with Crippen LogP contribution in [0.25, 0.3) is 0 Å². The summed E-state index contributed by atoms with van der Waals surface area (Å²) in [5.41, 5.74) is 0.278. The zero-order valence-corrected chi connectivity index (χ0v) is 9.79. The summed E-state index contributed by atoms with van der Waals surface area (Å²) in [6, 6.07) is 6.77. The first-order valence-electron chi connectivity index (χ1n) is 4.72. The average Bonchev–Trinajstić information content (AvgIpc) is 2.27. The average molecular weight is 275 g/mol. The number of allylic oxidation sites excluding steroid dienone is 1. The number of sulfone groups is 1. The lowest BCUT2D eigenvalue weighted by atomic mass is 10.2. The number of hydrogen-bond donors (Lipinski definition) is 0. The molecule has 0 heterocycles. The van der Waals surface area contributed by atoms with Crippen LogP contribution < -0.4 is 0 Å². The maximum atomic E-state index is 11.8. The van der Waals surface area contributed by atoms with Gasteiger partial charge in [0.25, 0.3) is 0 Å². The zero-order chi connectivity index (χ0) is 13.8. The third-order valence-electron chi connectivity index (χ3n) is 1.97. The number of rotatable bonds is 3. The Kier molecular flexibility index (Phi) is 4.14. The van der Waals surface area contributed by atoms with Gasteiger partial charge in [-0.3, -0.25) is 0 Å². The normalized spacial score (nSPS) is 12.6. The van der Waals surface area contributed by atoms with Gasteiger partial charge in [-0.1, -0.05) is 6.08 Å². The van der Waals surface area contributed by atoms with E-state index in [1.807, 2.05) is 6.07 Å². The first kappa shape index (κ1) is 14.3. The van der Waals surface area contributed by atoms with Crippen molar-refractivity contribution in [2.75, 3.05) is 5.75 Å². The van der Waals surface area contributed by atoms with Crippen molar-refractivity contribution >= 4 is 9.84 Å². The Hall–Kier alpha value is -1.81. The van der Waals surface area contributed by atoms with Gasteiger partial charge in [-0.2, -0.15) is 18.4 Å². The lowest BCUT2D eigenvalue weighted by molar-refractivity contribution is -0.0799. The van der Waals surface area contributed by atoms with Gasteiger partial charge in [0.15, 0.2) is 9.84 Å². The molecule has 0 aliphatic heterocycles. The highest BCUT2D eigenvalue weighted by molar-refractivity contribution is 7.91. The molecular weight excluding hydrogens is 267 g/mol. The van der Waals surface area contributed by atoms with E-state index < -0.39 is 21.8 Å². The van der Waals surface area contributed by atoms with Crippen LogP contribution in [-0.2, 0) is 9.84 Å². The molecule has 0 unspecified atom stereocenters. The van der Waals surface area contributed by atoms with E-state index in [2.05, 4.69) is 0 Å². The highest BCUT2D eigenvalue weighted by Crippen LogP contribution is 2.17. The maximum Gasteiger partial charge on any atom is 0.409 e. The molecule has 1 rings (SSSR count). The largest absolute Gasteiger partial charge is 0.409 e. The summed E-state index contributed by atoms with van der Waals surface area (Å²) in [4.78, 5) is -0.117. The number of alkyl halides is 3. The summed E-state index contributed by atoms with van der Waals surface area (Å²) in [6.45, 7) is 0. The molecule has 96 valence electrons. The number of halogens is 3. The van der Waals surface area contributed by atoms with E-state index in [9.17, 15) is 21.6 Å². The predicted molar refractivity (Wildman–Crippen MR) is 58.4 cm³/mol. The molecule has 0 saturated carbocycles. The van der Waals surface area contributed by atoms with Crippen LogP contribution in [0.3, 0.4) is 0 Å². The molecule has 7 heteroatoms. The van der Waals surface area contributed by atoms with Crippen LogP contribution in [0.5, 0.6) is 0 Å². The van der Waals surface area contributed by atoms with Crippen molar-refractivity contribution in [1.29, 1.82) is 5.26 Å². The molecule has 0 aliphatic rings. The molecule has 0 atom stereocenters. The molecule has 0 aromatic heterocycles.